The number of benzene rings is 1. The summed E-state index contributed by atoms with van der Waals surface area (Å²) in [6, 6.07) is 11.4. The van der Waals surface area contributed by atoms with Crippen molar-refractivity contribution in [3.05, 3.63) is 29.8 Å². The van der Waals surface area contributed by atoms with Gasteiger partial charge >= 0.3 is 0 Å². The molecule has 3 fully saturated rings. The average molecular weight is 330 g/mol. The number of nitrogens with one attached hydrogen (secondary N) is 2. The quantitative estimate of drug-likeness (QED) is 0.824. The largest absolute Gasteiger partial charge is 0.360 e. The zero-order chi connectivity index (χ0) is 15.8. The summed E-state index contributed by atoms with van der Waals surface area (Å²) in [6.07, 6.45) is 9.53. The Hall–Kier alpha value is -1.13. The molecule has 4 heteroatoms. The molecule has 2 atom stereocenters. The molecule has 0 amide bonds. The van der Waals surface area contributed by atoms with Gasteiger partial charge in [0.25, 0.3) is 0 Å². The lowest BCUT2D eigenvalue weighted by Gasteiger charge is -2.49. The van der Waals surface area contributed by atoms with Crippen molar-refractivity contribution in [2.75, 3.05) is 5.32 Å². The molecule has 0 spiro atoms. The van der Waals surface area contributed by atoms with Crippen molar-refractivity contribution in [2.24, 2.45) is 0 Å². The van der Waals surface area contributed by atoms with Crippen LogP contribution >= 0.6 is 12.2 Å². The van der Waals surface area contributed by atoms with Gasteiger partial charge in [-0.15, -0.1) is 0 Å². The Morgan fingerprint density at radius 2 is 1.83 bits per heavy atom. The van der Waals surface area contributed by atoms with Crippen molar-refractivity contribution in [3.63, 3.8) is 0 Å². The first-order chi connectivity index (χ1) is 11.2. The number of fused-ring (bicyclic) bond motifs is 2. The van der Waals surface area contributed by atoms with Crippen LogP contribution in [0.3, 0.4) is 0 Å². The molecule has 0 aromatic heterocycles. The average Bonchev–Trinajstić information content (AvgIpc) is 3.30. The fourth-order valence-corrected chi connectivity index (χ4v) is 4.86. The molecule has 124 valence electrons. The van der Waals surface area contributed by atoms with Crippen LogP contribution in [0.15, 0.2) is 24.3 Å². The Morgan fingerprint density at radius 3 is 2.48 bits per heavy atom. The molecule has 3 aliphatic rings. The van der Waals surface area contributed by atoms with Crippen LogP contribution in [0.2, 0.25) is 0 Å². The molecule has 2 heterocycles. The van der Waals surface area contributed by atoms with Gasteiger partial charge in [0.2, 0.25) is 0 Å². The predicted molar refractivity (Wildman–Crippen MR) is 99.8 cm³/mol. The number of hydrogen-bond acceptors (Lipinski definition) is 2. The van der Waals surface area contributed by atoms with Crippen molar-refractivity contribution >= 4 is 23.0 Å². The summed E-state index contributed by atoms with van der Waals surface area (Å²) >= 11 is 5.55. The van der Waals surface area contributed by atoms with E-state index >= 15 is 0 Å². The summed E-state index contributed by atoms with van der Waals surface area (Å²) < 4.78 is 0. The maximum absolute atomic E-state index is 5.55. The standard InChI is InChI=1S/C19H27N3S/c1-13-4-2-5-14(10-13)20-19(23)21-15-11-17-6-3-7-18(12-15)22(17)16-8-9-16/h2,4-5,10,15-18H,3,6-9,11-12H2,1H3,(H2,20,21,23)/t17-,18-/m0/s1. The van der Waals surface area contributed by atoms with E-state index in [0.29, 0.717) is 6.04 Å². The zero-order valence-corrected chi connectivity index (χ0v) is 14.7. The summed E-state index contributed by atoms with van der Waals surface area (Å²) in [4.78, 5) is 2.86. The number of nitrogens with zero attached hydrogens (tertiary/aromatic N) is 1. The molecule has 2 bridgehead atoms. The van der Waals surface area contributed by atoms with Gasteiger partial charge in [0.15, 0.2) is 5.11 Å². The second-order valence-corrected chi connectivity index (χ2v) is 7.96. The number of aryl methyl sites for hydroxylation is 1. The fourth-order valence-electron chi connectivity index (χ4n) is 4.58. The Labute approximate surface area is 144 Å². The number of thiocarbonyl (C=S) groups is 1. The van der Waals surface area contributed by atoms with Gasteiger partial charge in [-0.05, 0) is 75.4 Å². The minimum atomic E-state index is 0.533. The second kappa shape index (κ2) is 6.40. The van der Waals surface area contributed by atoms with Crippen LogP contribution in [0.1, 0.15) is 50.5 Å². The lowest BCUT2D eigenvalue weighted by molar-refractivity contribution is 0.0209. The third-order valence-electron chi connectivity index (χ3n) is 5.61. The van der Waals surface area contributed by atoms with Crippen LogP contribution in [-0.4, -0.2) is 34.2 Å². The van der Waals surface area contributed by atoms with Gasteiger partial charge in [-0.2, -0.15) is 0 Å². The molecule has 1 aromatic carbocycles. The highest BCUT2D eigenvalue weighted by molar-refractivity contribution is 7.80. The van der Waals surface area contributed by atoms with Crippen molar-refractivity contribution in [3.8, 4) is 0 Å². The first-order valence-corrected chi connectivity index (χ1v) is 9.51. The third kappa shape index (κ3) is 3.53. The van der Waals surface area contributed by atoms with Gasteiger partial charge in [-0.3, -0.25) is 4.90 Å². The summed E-state index contributed by atoms with van der Waals surface area (Å²) in [5.41, 5.74) is 2.34. The van der Waals surface area contributed by atoms with Gasteiger partial charge in [-0.1, -0.05) is 18.6 Å². The Balaban J connectivity index is 1.35. The van der Waals surface area contributed by atoms with Gasteiger partial charge in [0.05, 0.1) is 0 Å². The highest BCUT2D eigenvalue weighted by Crippen LogP contribution is 2.41. The predicted octanol–water partition coefficient (Wildman–Crippen LogP) is 3.83. The third-order valence-corrected chi connectivity index (χ3v) is 5.83. The highest BCUT2D eigenvalue weighted by atomic mass is 32.1. The van der Waals surface area contributed by atoms with E-state index in [1.165, 1.54) is 50.5 Å². The van der Waals surface area contributed by atoms with Crippen molar-refractivity contribution in [1.82, 2.24) is 10.2 Å². The van der Waals surface area contributed by atoms with E-state index in [4.69, 9.17) is 12.2 Å². The summed E-state index contributed by atoms with van der Waals surface area (Å²) in [5.74, 6) is 0. The monoisotopic (exact) mass is 329 g/mol. The van der Waals surface area contributed by atoms with Gasteiger partial charge in [0.1, 0.15) is 0 Å². The molecule has 2 aliphatic heterocycles. The Morgan fingerprint density at radius 1 is 1.09 bits per heavy atom. The number of piperidine rings is 2. The van der Waals surface area contributed by atoms with E-state index in [2.05, 4.69) is 46.7 Å². The van der Waals surface area contributed by atoms with Crippen molar-refractivity contribution < 1.29 is 0 Å². The lowest BCUT2D eigenvalue weighted by atomic mass is 9.81. The molecular weight excluding hydrogens is 302 g/mol. The van der Waals surface area contributed by atoms with Crippen molar-refractivity contribution in [1.29, 1.82) is 0 Å². The SMILES string of the molecule is Cc1cccc(NC(=S)NC2C[C@@H]3CCC[C@@H](C2)N3C2CC2)c1. The van der Waals surface area contributed by atoms with Gasteiger partial charge in [0, 0.05) is 29.9 Å². The molecule has 23 heavy (non-hydrogen) atoms. The molecule has 4 rings (SSSR count). The molecule has 0 unspecified atom stereocenters. The molecule has 0 radical (unpaired) electrons. The smallest absolute Gasteiger partial charge is 0.170 e. The summed E-state index contributed by atoms with van der Waals surface area (Å²) in [6.45, 7) is 2.11. The minimum absolute atomic E-state index is 0.533. The van der Waals surface area contributed by atoms with Gasteiger partial charge in [-0.25, -0.2) is 0 Å². The zero-order valence-electron chi connectivity index (χ0n) is 13.9. The molecule has 1 aliphatic carbocycles. The van der Waals surface area contributed by atoms with Crippen LogP contribution in [0.25, 0.3) is 0 Å². The lowest BCUT2D eigenvalue weighted by Crippen LogP contribution is -2.57. The van der Waals surface area contributed by atoms with E-state index in [1.807, 2.05) is 0 Å². The first-order valence-electron chi connectivity index (χ1n) is 9.10. The van der Waals surface area contributed by atoms with E-state index in [-0.39, 0.29) is 0 Å². The Kier molecular flexibility index (Phi) is 4.29. The summed E-state index contributed by atoms with van der Waals surface area (Å²) in [5, 5.41) is 7.71. The van der Waals surface area contributed by atoms with Crippen LogP contribution in [0.4, 0.5) is 5.69 Å². The topological polar surface area (TPSA) is 27.3 Å². The van der Waals surface area contributed by atoms with E-state index in [1.54, 1.807) is 0 Å². The maximum Gasteiger partial charge on any atom is 0.170 e. The number of rotatable bonds is 3. The van der Waals surface area contributed by atoms with E-state index < -0.39 is 0 Å². The van der Waals surface area contributed by atoms with Crippen molar-refractivity contribution in [2.45, 2.75) is 76.0 Å². The van der Waals surface area contributed by atoms with Crippen LogP contribution in [0.5, 0.6) is 0 Å². The molecule has 2 saturated heterocycles. The normalized spacial score (nSPS) is 30.7. The summed E-state index contributed by atoms with van der Waals surface area (Å²) in [7, 11) is 0. The molecular formula is C19H27N3S. The minimum Gasteiger partial charge on any atom is -0.360 e. The first kappa shape index (κ1) is 15.4. The maximum atomic E-state index is 5.55. The van der Waals surface area contributed by atoms with E-state index in [9.17, 15) is 0 Å². The van der Waals surface area contributed by atoms with E-state index in [0.717, 1.165) is 28.9 Å². The highest BCUT2D eigenvalue weighted by Gasteiger charge is 2.44. The van der Waals surface area contributed by atoms with Crippen LogP contribution in [0, 0.1) is 6.92 Å². The molecule has 3 nitrogen and oxygen atoms in total. The number of hydrogen-bond donors (Lipinski definition) is 2. The van der Waals surface area contributed by atoms with Crippen LogP contribution < -0.4 is 10.6 Å². The fraction of sp³-hybridized carbons (Fsp3) is 0.632. The molecule has 2 N–H and O–H groups in total. The molecule has 1 aromatic rings. The van der Waals surface area contributed by atoms with Crippen LogP contribution in [-0.2, 0) is 0 Å². The number of anilines is 1. The molecule has 1 saturated carbocycles. The second-order valence-electron chi connectivity index (χ2n) is 7.55. The Bertz CT molecular complexity index is 570. The van der Waals surface area contributed by atoms with Gasteiger partial charge < -0.3 is 10.6 Å².